The van der Waals surface area contributed by atoms with E-state index < -0.39 is 0 Å². The second-order valence-electron chi connectivity index (χ2n) is 7.01. The number of nitrogens with one attached hydrogen (secondary N) is 2. The standard InChI is InChI=1S/C21H31N5OS/c1-4-22-21(24-14-20-25-16(2)17(3)28-20)23-13-18-6-5-7-19(12-18)15-26-8-10-27-11-9-26/h5-7,12H,4,8-11,13-15H2,1-3H3,(H2,22,23,24). The van der Waals surface area contributed by atoms with E-state index in [2.05, 4.69) is 65.6 Å². The molecule has 1 saturated heterocycles. The van der Waals surface area contributed by atoms with E-state index in [-0.39, 0.29) is 0 Å². The van der Waals surface area contributed by atoms with Gasteiger partial charge in [-0.15, -0.1) is 11.3 Å². The molecular weight excluding hydrogens is 370 g/mol. The molecule has 0 unspecified atom stereocenters. The normalized spacial score (nSPS) is 15.6. The van der Waals surface area contributed by atoms with Gasteiger partial charge in [-0.2, -0.15) is 0 Å². The molecule has 2 heterocycles. The molecule has 0 saturated carbocycles. The largest absolute Gasteiger partial charge is 0.379 e. The highest BCUT2D eigenvalue weighted by Crippen LogP contribution is 2.16. The fourth-order valence-electron chi connectivity index (χ4n) is 3.13. The van der Waals surface area contributed by atoms with Gasteiger partial charge in [0.05, 0.1) is 32.0 Å². The summed E-state index contributed by atoms with van der Waals surface area (Å²) in [7, 11) is 0. The molecule has 1 fully saturated rings. The second kappa shape index (κ2) is 10.5. The molecular formula is C21H31N5OS. The molecule has 2 aromatic rings. The predicted octanol–water partition coefficient (Wildman–Crippen LogP) is 2.85. The van der Waals surface area contributed by atoms with Crippen LogP contribution in [0, 0.1) is 13.8 Å². The maximum absolute atomic E-state index is 5.43. The molecule has 3 rings (SSSR count). The average molecular weight is 402 g/mol. The van der Waals surface area contributed by atoms with Crippen molar-refractivity contribution in [3.05, 3.63) is 51.0 Å². The number of aryl methyl sites for hydroxylation is 2. The van der Waals surface area contributed by atoms with Gasteiger partial charge in [0.2, 0.25) is 0 Å². The van der Waals surface area contributed by atoms with Crippen molar-refractivity contribution in [2.45, 2.75) is 40.4 Å². The summed E-state index contributed by atoms with van der Waals surface area (Å²) in [6.45, 7) is 13.1. The topological polar surface area (TPSA) is 61.8 Å². The SMILES string of the molecule is CCNC(=NCc1cccc(CN2CCOCC2)c1)NCc1nc(C)c(C)s1. The summed E-state index contributed by atoms with van der Waals surface area (Å²) in [5, 5.41) is 7.80. The minimum atomic E-state index is 0.655. The molecule has 0 aliphatic carbocycles. The van der Waals surface area contributed by atoms with Crippen LogP contribution in [0.4, 0.5) is 0 Å². The van der Waals surface area contributed by atoms with Gasteiger partial charge in [-0.3, -0.25) is 4.90 Å². The molecule has 152 valence electrons. The Labute approximate surface area is 172 Å². The third-order valence-corrected chi connectivity index (χ3v) is 5.82. The quantitative estimate of drug-likeness (QED) is 0.552. The molecule has 0 radical (unpaired) electrons. The van der Waals surface area contributed by atoms with Gasteiger partial charge in [-0.1, -0.05) is 24.3 Å². The lowest BCUT2D eigenvalue weighted by molar-refractivity contribution is 0.0342. The van der Waals surface area contributed by atoms with E-state index >= 15 is 0 Å². The highest BCUT2D eigenvalue weighted by Gasteiger charge is 2.11. The van der Waals surface area contributed by atoms with Crippen LogP contribution in [-0.4, -0.2) is 48.7 Å². The maximum atomic E-state index is 5.43. The first-order valence-corrected chi connectivity index (χ1v) is 10.8. The lowest BCUT2D eigenvalue weighted by atomic mass is 10.1. The number of hydrogen-bond donors (Lipinski definition) is 2. The Balaban J connectivity index is 1.57. The summed E-state index contributed by atoms with van der Waals surface area (Å²) in [5.41, 5.74) is 3.67. The van der Waals surface area contributed by atoms with Crippen molar-refractivity contribution < 1.29 is 4.74 Å². The van der Waals surface area contributed by atoms with Crippen LogP contribution >= 0.6 is 11.3 Å². The number of benzene rings is 1. The van der Waals surface area contributed by atoms with E-state index in [0.717, 1.165) is 56.1 Å². The zero-order valence-electron chi connectivity index (χ0n) is 17.1. The van der Waals surface area contributed by atoms with Gasteiger partial charge in [-0.25, -0.2) is 9.98 Å². The van der Waals surface area contributed by atoms with Crippen LogP contribution < -0.4 is 10.6 Å². The van der Waals surface area contributed by atoms with E-state index in [1.54, 1.807) is 11.3 Å². The molecule has 6 nitrogen and oxygen atoms in total. The Morgan fingerprint density at radius 1 is 1.21 bits per heavy atom. The minimum Gasteiger partial charge on any atom is -0.379 e. The number of rotatable bonds is 7. The van der Waals surface area contributed by atoms with Crippen molar-refractivity contribution in [2.24, 2.45) is 4.99 Å². The van der Waals surface area contributed by atoms with Gasteiger partial charge in [0.1, 0.15) is 5.01 Å². The summed E-state index contributed by atoms with van der Waals surface area (Å²) >= 11 is 1.74. The Morgan fingerprint density at radius 3 is 2.71 bits per heavy atom. The fraction of sp³-hybridized carbons (Fsp3) is 0.524. The van der Waals surface area contributed by atoms with Gasteiger partial charge in [0.15, 0.2) is 5.96 Å². The summed E-state index contributed by atoms with van der Waals surface area (Å²) < 4.78 is 5.43. The first kappa shape index (κ1) is 20.8. The van der Waals surface area contributed by atoms with Crippen LogP contribution in [-0.2, 0) is 24.4 Å². The highest BCUT2D eigenvalue weighted by atomic mass is 32.1. The van der Waals surface area contributed by atoms with Gasteiger partial charge < -0.3 is 15.4 Å². The molecule has 0 amide bonds. The molecule has 2 N–H and O–H groups in total. The van der Waals surface area contributed by atoms with E-state index in [4.69, 9.17) is 9.73 Å². The van der Waals surface area contributed by atoms with Crippen molar-refractivity contribution in [1.29, 1.82) is 0 Å². The smallest absolute Gasteiger partial charge is 0.191 e. The summed E-state index contributed by atoms with van der Waals surface area (Å²) in [4.78, 5) is 13.1. The Bertz CT molecular complexity index is 763. The van der Waals surface area contributed by atoms with Crippen LogP contribution in [0.5, 0.6) is 0 Å². The van der Waals surface area contributed by atoms with Crippen LogP contribution in [0.25, 0.3) is 0 Å². The highest BCUT2D eigenvalue weighted by molar-refractivity contribution is 7.11. The first-order valence-electron chi connectivity index (χ1n) is 9.97. The lowest BCUT2D eigenvalue weighted by Crippen LogP contribution is -2.36. The number of guanidine groups is 1. The lowest BCUT2D eigenvalue weighted by Gasteiger charge is -2.26. The van der Waals surface area contributed by atoms with E-state index in [9.17, 15) is 0 Å². The van der Waals surface area contributed by atoms with Crippen molar-refractivity contribution in [2.75, 3.05) is 32.8 Å². The van der Waals surface area contributed by atoms with Crippen LogP contribution in [0.15, 0.2) is 29.3 Å². The van der Waals surface area contributed by atoms with Crippen molar-refractivity contribution in [3.8, 4) is 0 Å². The number of hydrogen-bond acceptors (Lipinski definition) is 5. The fourth-order valence-corrected chi connectivity index (χ4v) is 4.00. The van der Waals surface area contributed by atoms with E-state index in [0.29, 0.717) is 13.1 Å². The van der Waals surface area contributed by atoms with Crippen molar-refractivity contribution >= 4 is 17.3 Å². The molecule has 0 bridgehead atoms. The molecule has 0 spiro atoms. The molecule has 1 aromatic carbocycles. The molecule has 0 atom stereocenters. The third-order valence-electron chi connectivity index (χ3n) is 4.75. The number of thiazole rings is 1. The van der Waals surface area contributed by atoms with Gasteiger partial charge in [0.25, 0.3) is 0 Å². The zero-order valence-corrected chi connectivity index (χ0v) is 17.9. The van der Waals surface area contributed by atoms with Gasteiger partial charge in [0, 0.05) is 31.1 Å². The average Bonchev–Trinajstić information content (AvgIpc) is 3.03. The third kappa shape index (κ3) is 6.29. The number of nitrogens with zero attached hydrogens (tertiary/aromatic N) is 3. The Kier molecular flexibility index (Phi) is 7.82. The summed E-state index contributed by atoms with van der Waals surface area (Å²) in [6.07, 6.45) is 0. The van der Waals surface area contributed by atoms with Gasteiger partial charge in [-0.05, 0) is 31.9 Å². The van der Waals surface area contributed by atoms with Crippen LogP contribution in [0.3, 0.4) is 0 Å². The molecule has 1 aliphatic heterocycles. The van der Waals surface area contributed by atoms with Crippen molar-refractivity contribution in [1.82, 2.24) is 20.5 Å². The monoisotopic (exact) mass is 401 g/mol. The van der Waals surface area contributed by atoms with Gasteiger partial charge >= 0.3 is 0 Å². The van der Waals surface area contributed by atoms with Crippen molar-refractivity contribution in [3.63, 3.8) is 0 Å². The Morgan fingerprint density at radius 2 is 2.00 bits per heavy atom. The molecule has 1 aromatic heterocycles. The predicted molar refractivity (Wildman–Crippen MR) is 116 cm³/mol. The number of ether oxygens (including phenoxy) is 1. The first-order chi connectivity index (χ1) is 13.6. The number of aromatic nitrogens is 1. The molecule has 1 aliphatic rings. The van der Waals surface area contributed by atoms with E-state index in [1.165, 1.54) is 16.0 Å². The van der Waals surface area contributed by atoms with Crippen LogP contribution in [0.2, 0.25) is 0 Å². The summed E-state index contributed by atoms with van der Waals surface area (Å²) in [6, 6.07) is 8.72. The number of aliphatic imine (C=N–C) groups is 1. The Hall–Kier alpha value is -1.96. The van der Waals surface area contributed by atoms with Crippen LogP contribution in [0.1, 0.15) is 33.6 Å². The number of morpholine rings is 1. The maximum Gasteiger partial charge on any atom is 0.191 e. The van der Waals surface area contributed by atoms with E-state index in [1.807, 2.05) is 0 Å². The summed E-state index contributed by atoms with van der Waals surface area (Å²) in [5.74, 6) is 0.826. The minimum absolute atomic E-state index is 0.655. The molecule has 28 heavy (non-hydrogen) atoms. The zero-order chi connectivity index (χ0) is 19.8. The molecule has 7 heteroatoms. The second-order valence-corrected chi connectivity index (χ2v) is 8.29.